The van der Waals surface area contributed by atoms with E-state index in [1.54, 1.807) is 6.92 Å². The number of aliphatic hydroxyl groups is 1. The van der Waals surface area contributed by atoms with Crippen LogP contribution in [0.25, 0.3) is 0 Å². The maximum atomic E-state index is 9.38. The Morgan fingerprint density at radius 2 is 2.56 bits per heavy atom. The van der Waals surface area contributed by atoms with Crippen molar-refractivity contribution in [3.8, 4) is 0 Å². The van der Waals surface area contributed by atoms with E-state index in [2.05, 4.69) is 0 Å². The molecule has 0 aromatic carbocycles. The average molecular weight is 132 g/mol. The van der Waals surface area contributed by atoms with E-state index < -0.39 is 18.5 Å². The Morgan fingerprint density at radius 3 is 3.11 bits per heavy atom. The van der Waals surface area contributed by atoms with Gasteiger partial charge in [0.25, 0.3) is 0 Å². The van der Waals surface area contributed by atoms with Crippen LogP contribution in [0.4, 0.5) is 0 Å². The molecule has 0 spiro atoms. The normalized spacial score (nSPS) is 63.7. The number of aliphatic hydroxyl groups excluding tert-OH is 1. The van der Waals surface area contributed by atoms with E-state index in [0.29, 0.717) is 0 Å². The SMILES string of the molecule is [2H]C1([2H])C[C@@H](C)[C@H](O)C[C@]1([2H])N. The third kappa shape index (κ3) is 1.66. The van der Waals surface area contributed by atoms with Gasteiger partial charge in [0.2, 0.25) is 0 Å². The molecule has 9 heavy (non-hydrogen) atoms. The number of hydrogen-bond donors (Lipinski definition) is 2. The number of rotatable bonds is 0. The molecule has 1 aliphatic rings. The van der Waals surface area contributed by atoms with Gasteiger partial charge in [-0.25, -0.2) is 0 Å². The highest BCUT2D eigenvalue weighted by atomic mass is 16.3. The van der Waals surface area contributed by atoms with E-state index in [-0.39, 0.29) is 18.8 Å². The molecule has 0 aliphatic heterocycles. The van der Waals surface area contributed by atoms with Crippen LogP contribution < -0.4 is 5.73 Å². The number of hydrogen-bond acceptors (Lipinski definition) is 2. The molecule has 2 heteroatoms. The maximum absolute atomic E-state index is 9.38. The summed E-state index contributed by atoms with van der Waals surface area (Å²) < 4.78 is 22.5. The third-order valence-electron chi connectivity index (χ3n) is 1.74. The highest BCUT2D eigenvalue weighted by Gasteiger charge is 2.22. The van der Waals surface area contributed by atoms with Crippen molar-refractivity contribution >= 4 is 0 Å². The average Bonchev–Trinajstić information content (AvgIpc) is 1.82. The molecule has 1 rings (SSSR count). The monoisotopic (exact) mass is 132 g/mol. The lowest BCUT2D eigenvalue weighted by atomic mass is 9.85. The van der Waals surface area contributed by atoms with Crippen molar-refractivity contribution in [2.45, 2.75) is 38.3 Å². The summed E-state index contributed by atoms with van der Waals surface area (Å²) in [6.45, 7) is 1.78. The van der Waals surface area contributed by atoms with E-state index in [4.69, 9.17) is 9.85 Å². The fraction of sp³-hybridized carbons (Fsp3) is 1.00. The highest BCUT2D eigenvalue weighted by Crippen LogP contribution is 2.22. The first-order valence-electron chi connectivity index (χ1n) is 4.73. The highest BCUT2D eigenvalue weighted by molar-refractivity contribution is 4.78. The maximum Gasteiger partial charge on any atom is 0.0580 e. The Bertz CT molecular complexity index is 163. The van der Waals surface area contributed by atoms with Gasteiger partial charge >= 0.3 is 0 Å². The second-order valence-electron chi connectivity index (χ2n) is 2.65. The van der Waals surface area contributed by atoms with Gasteiger partial charge in [-0.05, 0) is 25.1 Å². The van der Waals surface area contributed by atoms with Gasteiger partial charge in [-0.15, -0.1) is 0 Å². The van der Waals surface area contributed by atoms with Crippen molar-refractivity contribution in [3.63, 3.8) is 0 Å². The first kappa shape index (κ1) is 3.94. The van der Waals surface area contributed by atoms with Crippen LogP contribution in [0.3, 0.4) is 0 Å². The van der Waals surface area contributed by atoms with Crippen LogP contribution in [-0.4, -0.2) is 17.2 Å². The summed E-state index contributed by atoms with van der Waals surface area (Å²) in [6, 6.07) is -1.64. The third-order valence-corrected chi connectivity index (χ3v) is 1.74. The Labute approximate surface area is 60.3 Å². The zero-order chi connectivity index (χ0) is 9.57. The fourth-order valence-electron chi connectivity index (χ4n) is 0.927. The summed E-state index contributed by atoms with van der Waals surface area (Å²) in [4.78, 5) is 0. The molecule has 0 heterocycles. The van der Waals surface area contributed by atoms with Crippen molar-refractivity contribution in [3.05, 3.63) is 0 Å². The largest absolute Gasteiger partial charge is 0.393 e. The molecule has 1 aliphatic carbocycles. The fourth-order valence-corrected chi connectivity index (χ4v) is 0.927. The van der Waals surface area contributed by atoms with Gasteiger partial charge in [0.15, 0.2) is 0 Å². The van der Waals surface area contributed by atoms with Crippen LogP contribution in [0.5, 0.6) is 0 Å². The predicted molar refractivity (Wildman–Crippen MR) is 37.0 cm³/mol. The van der Waals surface area contributed by atoms with Crippen LogP contribution in [0.1, 0.15) is 30.3 Å². The molecule has 0 amide bonds. The van der Waals surface area contributed by atoms with Crippen LogP contribution in [0.15, 0.2) is 0 Å². The summed E-state index contributed by atoms with van der Waals surface area (Å²) in [6.07, 6.45) is -2.16. The molecule has 2 nitrogen and oxygen atoms in total. The van der Waals surface area contributed by atoms with E-state index in [1.807, 2.05) is 0 Å². The summed E-state index contributed by atoms with van der Waals surface area (Å²) in [7, 11) is 0. The van der Waals surface area contributed by atoms with Crippen molar-refractivity contribution in [2.24, 2.45) is 11.7 Å². The Balaban J connectivity index is 2.80. The van der Waals surface area contributed by atoms with Crippen molar-refractivity contribution in [1.82, 2.24) is 0 Å². The molecule has 1 saturated carbocycles. The topological polar surface area (TPSA) is 46.2 Å². The molecular weight excluding hydrogens is 114 g/mol. The molecule has 0 radical (unpaired) electrons. The smallest absolute Gasteiger partial charge is 0.0580 e. The first-order chi connectivity index (χ1) is 5.26. The van der Waals surface area contributed by atoms with Gasteiger partial charge in [0.1, 0.15) is 0 Å². The predicted octanol–water partition coefficient (Wildman–Crippen LogP) is 0.495. The van der Waals surface area contributed by atoms with Gasteiger partial charge in [-0.2, -0.15) is 0 Å². The molecule has 0 unspecified atom stereocenters. The molecule has 0 aromatic rings. The second-order valence-corrected chi connectivity index (χ2v) is 2.65. The van der Waals surface area contributed by atoms with Crippen LogP contribution in [0.2, 0.25) is 0 Å². The minimum atomic E-state index is -1.69. The van der Waals surface area contributed by atoms with Crippen LogP contribution in [0, 0.1) is 5.92 Å². The Hall–Kier alpha value is -0.0800. The first-order valence-corrected chi connectivity index (χ1v) is 3.23. The van der Waals surface area contributed by atoms with Crippen LogP contribution in [-0.2, 0) is 0 Å². The summed E-state index contributed by atoms with van der Waals surface area (Å²) in [5.74, 6) is -0.109. The van der Waals surface area contributed by atoms with E-state index in [9.17, 15) is 5.11 Å². The summed E-state index contributed by atoms with van der Waals surface area (Å²) in [5, 5.41) is 9.38. The van der Waals surface area contributed by atoms with E-state index in [0.717, 1.165) is 0 Å². The summed E-state index contributed by atoms with van der Waals surface area (Å²) in [5.41, 5.74) is 5.44. The molecule has 0 aromatic heterocycles. The molecule has 3 N–H and O–H groups in total. The number of nitrogens with two attached hydrogens (primary N) is 1. The van der Waals surface area contributed by atoms with Gasteiger partial charge in [-0.1, -0.05) is 6.92 Å². The minimum absolute atomic E-state index is 0.0150. The lowest BCUT2D eigenvalue weighted by Gasteiger charge is -2.28. The molecule has 1 fully saturated rings. The van der Waals surface area contributed by atoms with Crippen molar-refractivity contribution < 1.29 is 9.22 Å². The molecular formula is C7H15NO. The minimum Gasteiger partial charge on any atom is -0.393 e. The lowest BCUT2D eigenvalue weighted by molar-refractivity contribution is 0.0708. The molecule has 0 saturated heterocycles. The molecule has 3 atom stereocenters. The quantitative estimate of drug-likeness (QED) is 0.504. The lowest BCUT2D eigenvalue weighted by Crippen LogP contribution is -2.35. The zero-order valence-corrected chi connectivity index (χ0v) is 5.59. The summed E-state index contributed by atoms with van der Waals surface area (Å²) >= 11 is 0. The van der Waals surface area contributed by atoms with Gasteiger partial charge in [0, 0.05) is 10.1 Å². The Kier molecular flexibility index (Phi) is 1.17. The van der Waals surface area contributed by atoms with E-state index >= 15 is 0 Å². The Morgan fingerprint density at radius 1 is 1.89 bits per heavy atom. The zero-order valence-electron chi connectivity index (χ0n) is 8.59. The van der Waals surface area contributed by atoms with Crippen molar-refractivity contribution in [2.75, 3.05) is 0 Å². The van der Waals surface area contributed by atoms with Crippen molar-refractivity contribution in [1.29, 1.82) is 0 Å². The van der Waals surface area contributed by atoms with Gasteiger partial charge in [-0.3, -0.25) is 0 Å². The van der Waals surface area contributed by atoms with E-state index in [1.165, 1.54) is 0 Å². The van der Waals surface area contributed by atoms with Crippen LogP contribution >= 0.6 is 0 Å². The standard InChI is InChI=1S/C7H15NO/c1-5-2-3-6(8)4-7(5)9/h5-7,9H,2-4,8H2,1H3/t5-,6-,7-/m1/s1/i3D2,6D. The van der Waals surface area contributed by atoms with Gasteiger partial charge in [0.05, 0.1) is 6.10 Å². The molecule has 54 valence electrons. The van der Waals surface area contributed by atoms with Gasteiger partial charge < -0.3 is 10.8 Å². The molecule has 0 bridgehead atoms. The second kappa shape index (κ2) is 2.67.